The molecule has 0 N–H and O–H groups in total. The van der Waals surface area contributed by atoms with E-state index in [0.29, 0.717) is 17.9 Å². The van der Waals surface area contributed by atoms with Crippen molar-refractivity contribution in [2.45, 2.75) is 4.90 Å². The fraction of sp³-hybridized carbons (Fsp3) is 0.167. The van der Waals surface area contributed by atoms with Gasteiger partial charge in [-0.3, -0.25) is 4.79 Å². The summed E-state index contributed by atoms with van der Waals surface area (Å²) < 4.78 is 10.9. The quantitative estimate of drug-likeness (QED) is 0.629. The Labute approximate surface area is 133 Å². The maximum atomic E-state index is 12.5. The Morgan fingerprint density at radius 2 is 2.09 bits per heavy atom. The van der Waals surface area contributed by atoms with Gasteiger partial charge in [0.25, 0.3) is 0 Å². The molecule has 0 amide bonds. The van der Waals surface area contributed by atoms with Gasteiger partial charge in [-0.1, -0.05) is 36.4 Å². The lowest BCUT2D eigenvalue weighted by atomic mass is 10.1. The van der Waals surface area contributed by atoms with Gasteiger partial charge in [0.2, 0.25) is 0 Å². The van der Waals surface area contributed by atoms with Crippen LogP contribution < -0.4 is 9.47 Å². The van der Waals surface area contributed by atoms with E-state index in [9.17, 15) is 4.79 Å². The summed E-state index contributed by atoms with van der Waals surface area (Å²) in [6, 6.07) is 13.4. The lowest BCUT2D eigenvalue weighted by Gasteiger charge is -2.18. The molecule has 0 saturated carbocycles. The first kappa shape index (κ1) is 14.7. The molecule has 112 valence electrons. The Hall–Kier alpha value is -2.20. The molecular weight excluding hydrogens is 296 g/mol. The molecule has 1 aliphatic heterocycles. The van der Waals surface area contributed by atoms with E-state index in [1.165, 1.54) is 0 Å². The largest absolute Gasteiger partial charge is 0.496 e. The van der Waals surface area contributed by atoms with Gasteiger partial charge in [-0.15, -0.1) is 11.8 Å². The number of benzene rings is 2. The number of rotatable bonds is 4. The third kappa shape index (κ3) is 3.17. The van der Waals surface area contributed by atoms with Gasteiger partial charge in [0.05, 0.1) is 24.2 Å². The Balaban J connectivity index is 1.90. The third-order valence-electron chi connectivity index (χ3n) is 3.36. The molecular formula is C18H16O3S. The summed E-state index contributed by atoms with van der Waals surface area (Å²) in [7, 11) is 1.56. The molecule has 0 atom stereocenters. The zero-order chi connectivity index (χ0) is 15.4. The van der Waals surface area contributed by atoms with E-state index >= 15 is 0 Å². The summed E-state index contributed by atoms with van der Waals surface area (Å²) in [4.78, 5) is 13.5. The van der Waals surface area contributed by atoms with Crippen LogP contribution in [-0.2, 0) is 0 Å². The molecule has 0 fully saturated rings. The highest BCUT2D eigenvalue weighted by Gasteiger charge is 2.18. The first-order valence-corrected chi connectivity index (χ1v) is 8.01. The zero-order valence-electron chi connectivity index (χ0n) is 12.2. The summed E-state index contributed by atoms with van der Waals surface area (Å²) in [6.07, 6.45) is 3.39. The van der Waals surface area contributed by atoms with Crippen LogP contribution in [0.2, 0.25) is 0 Å². The van der Waals surface area contributed by atoms with Gasteiger partial charge < -0.3 is 9.47 Å². The van der Waals surface area contributed by atoms with Gasteiger partial charge in [0.15, 0.2) is 5.78 Å². The number of ether oxygens (including phenoxy) is 2. The van der Waals surface area contributed by atoms with E-state index < -0.39 is 0 Å². The highest BCUT2D eigenvalue weighted by atomic mass is 32.2. The monoisotopic (exact) mass is 312 g/mol. The first-order valence-electron chi connectivity index (χ1n) is 7.03. The van der Waals surface area contributed by atoms with Crippen LogP contribution in [0.15, 0.2) is 53.4 Å². The molecule has 2 aromatic rings. The molecule has 1 heterocycles. The van der Waals surface area contributed by atoms with Gasteiger partial charge in [0.1, 0.15) is 11.5 Å². The Morgan fingerprint density at radius 1 is 1.27 bits per heavy atom. The molecule has 0 bridgehead atoms. The van der Waals surface area contributed by atoms with Crippen molar-refractivity contribution in [1.29, 1.82) is 0 Å². The van der Waals surface area contributed by atoms with E-state index in [-0.39, 0.29) is 5.78 Å². The standard InChI is InChI=1S/C18H16O3S/c1-20-16-12-17-18(22-10-9-21-17)11-14(16)15(19)8-7-13-5-3-2-4-6-13/h2-8,11-12H,9-10H2,1H3/b8-7+. The van der Waals surface area contributed by atoms with Crippen molar-refractivity contribution in [3.63, 3.8) is 0 Å². The Morgan fingerprint density at radius 3 is 2.86 bits per heavy atom. The second-order valence-electron chi connectivity index (χ2n) is 4.80. The fourth-order valence-electron chi connectivity index (χ4n) is 2.26. The second kappa shape index (κ2) is 6.71. The number of carbonyl (C=O) groups is 1. The number of methoxy groups -OCH3 is 1. The number of hydrogen-bond donors (Lipinski definition) is 0. The van der Waals surface area contributed by atoms with Crippen molar-refractivity contribution in [2.24, 2.45) is 0 Å². The molecule has 2 aromatic carbocycles. The van der Waals surface area contributed by atoms with Crippen molar-refractivity contribution in [1.82, 2.24) is 0 Å². The average Bonchev–Trinajstić information content (AvgIpc) is 2.59. The van der Waals surface area contributed by atoms with Crippen LogP contribution in [-0.4, -0.2) is 25.3 Å². The van der Waals surface area contributed by atoms with Crippen LogP contribution in [0.1, 0.15) is 15.9 Å². The molecule has 0 unspecified atom stereocenters. The molecule has 3 nitrogen and oxygen atoms in total. The van der Waals surface area contributed by atoms with Crippen LogP contribution in [0, 0.1) is 0 Å². The van der Waals surface area contributed by atoms with Gasteiger partial charge in [-0.05, 0) is 17.7 Å². The maximum absolute atomic E-state index is 12.5. The summed E-state index contributed by atoms with van der Waals surface area (Å²) in [5.41, 5.74) is 1.55. The highest BCUT2D eigenvalue weighted by Crippen LogP contribution is 2.38. The van der Waals surface area contributed by atoms with Crippen LogP contribution in [0.3, 0.4) is 0 Å². The van der Waals surface area contributed by atoms with E-state index in [0.717, 1.165) is 22.0 Å². The normalized spacial score (nSPS) is 13.5. The lowest BCUT2D eigenvalue weighted by Crippen LogP contribution is -2.08. The van der Waals surface area contributed by atoms with Gasteiger partial charge in [0, 0.05) is 11.8 Å². The molecule has 0 aromatic heterocycles. The van der Waals surface area contributed by atoms with E-state index in [4.69, 9.17) is 9.47 Å². The predicted octanol–water partition coefficient (Wildman–Crippen LogP) is 4.08. The van der Waals surface area contributed by atoms with Crippen LogP contribution in [0.5, 0.6) is 11.5 Å². The second-order valence-corrected chi connectivity index (χ2v) is 5.94. The number of thioether (sulfide) groups is 1. The van der Waals surface area contributed by atoms with E-state index in [2.05, 4.69) is 0 Å². The van der Waals surface area contributed by atoms with Crippen molar-refractivity contribution in [3.05, 3.63) is 59.7 Å². The highest BCUT2D eigenvalue weighted by molar-refractivity contribution is 7.99. The molecule has 22 heavy (non-hydrogen) atoms. The van der Waals surface area contributed by atoms with E-state index in [1.807, 2.05) is 42.5 Å². The Kier molecular flexibility index (Phi) is 4.49. The molecule has 0 aliphatic carbocycles. The summed E-state index contributed by atoms with van der Waals surface area (Å²) >= 11 is 1.70. The number of allylic oxidation sites excluding steroid dienone is 1. The van der Waals surface area contributed by atoms with Gasteiger partial charge >= 0.3 is 0 Å². The minimum atomic E-state index is -0.0744. The minimum absolute atomic E-state index is 0.0744. The van der Waals surface area contributed by atoms with Crippen LogP contribution in [0.4, 0.5) is 0 Å². The minimum Gasteiger partial charge on any atom is -0.496 e. The van der Waals surface area contributed by atoms with Crippen LogP contribution in [0.25, 0.3) is 6.08 Å². The maximum Gasteiger partial charge on any atom is 0.189 e. The topological polar surface area (TPSA) is 35.5 Å². The molecule has 3 rings (SSSR count). The van der Waals surface area contributed by atoms with Crippen molar-refractivity contribution >= 4 is 23.6 Å². The fourth-order valence-corrected chi connectivity index (χ4v) is 3.11. The lowest BCUT2D eigenvalue weighted by molar-refractivity contribution is 0.104. The summed E-state index contributed by atoms with van der Waals surface area (Å²) in [6.45, 7) is 0.683. The smallest absolute Gasteiger partial charge is 0.189 e. The SMILES string of the molecule is COc1cc2c(cc1C(=O)/C=C/c1ccccc1)SCCO2. The van der Waals surface area contributed by atoms with E-state index in [1.54, 1.807) is 31.0 Å². The Bertz CT molecular complexity index is 708. The summed E-state index contributed by atoms with van der Waals surface area (Å²) in [5, 5.41) is 0. The van der Waals surface area contributed by atoms with Crippen LogP contribution >= 0.6 is 11.8 Å². The third-order valence-corrected chi connectivity index (χ3v) is 4.36. The van der Waals surface area contributed by atoms with Gasteiger partial charge in [-0.2, -0.15) is 0 Å². The molecule has 1 aliphatic rings. The number of carbonyl (C=O) groups excluding carboxylic acids is 1. The average molecular weight is 312 g/mol. The predicted molar refractivity (Wildman–Crippen MR) is 89.0 cm³/mol. The van der Waals surface area contributed by atoms with Crippen molar-refractivity contribution in [2.75, 3.05) is 19.5 Å². The molecule has 0 saturated heterocycles. The van der Waals surface area contributed by atoms with Crippen molar-refractivity contribution in [3.8, 4) is 11.5 Å². The first-order chi connectivity index (χ1) is 10.8. The number of fused-ring (bicyclic) bond motifs is 1. The number of hydrogen-bond acceptors (Lipinski definition) is 4. The number of ketones is 1. The molecule has 4 heteroatoms. The van der Waals surface area contributed by atoms with Crippen molar-refractivity contribution < 1.29 is 14.3 Å². The van der Waals surface area contributed by atoms with Gasteiger partial charge in [-0.25, -0.2) is 0 Å². The molecule has 0 radical (unpaired) electrons. The summed E-state index contributed by atoms with van der Waals surface area (Å²) in [5.74, 6) is 2.16. The molecule has 0 spiro atoms. The zero-order valence-corrected chi connectivity index (χ0v) is 13.1.